The van der Waals surface area contributed by atoms with Crippen LogP contribution in [0.5, 0.6) is 0 Å². The van der Waals surface area contributed by atoms with Crippen LogP contribution in [0.4, 0.5) is 0 Å². The number of hydrogen-bond donors (Lipinski definition) is 2. The largest absolute Gasteiger partial charge is 0.353 e. The lowest BCUT2D eigenvalue weighted by Crippen LogP contribution is -2.42. The minimum atomic E-state index is 0. The molecule has 3 nitrogen and oxygen atoms in total. The lowest BCUT2D eigenvalue weighted by Gasteiger charge is -2.27. The molecule has 2 aliphatic carbocycles. The molecule has 2 rings (SSSR count). The van der Waals surface area contributed by atoms with Crippen LogP contribution in [-0.4, -0.2) is 18.0 Å². The van der Waals surface area contributed by atoms with Crippen LogP contribution >= 0.6 is 12.4 Å². The van der Waals surface area contributed by atoms with E-state index in [0.29, 0.717) is 23.9 Å². The van der Waals surface area contributed by atoms with Crippen LogP contribution in [0.2, 0.25) is 0 Å². The summed E-state index contributed by atoms with van der Waals surface area (Å²) in [5.41, 5.74) is 5.84. The van der Waals surface area contributed by atoms with Crippen LogP contribution in [0, 0.1) is 5.92 Å². The standard InChI is InChI=1S/C12H22N2O.ClH/c13-10-5-7-11(8-6-10)14-12(15)9-3-1-2-4-9;/h9-11H,1-8,13H2,(H,14,15);1H. The van der Waals surface area contributed by atoms with Gasteiger partial charge in [-0.15, -0.1) is 12.4 Å². The molecule has 0 unspecified atom stereocenters. The van der Waals surface area contributed by atoms with E-state index in [9.17, 15) is 4.79 Å². The van der Waals surface area contributed by atoms with Gasteiger partial charge < -0.3 is 11.1 Å². The summed E-state index contributed by atoms with van der Waals surface area (Å²) in [5.74, 6) is 0.605. The molecule has 0 aromatic carbocycles. The monoisotopic (exact) mass is 246 g/mol. The topological polar surface area (TPSA) is 55.1 Å². The first-order chi connectivity index (χ1) is 7.25. The molecule has 0 aliphatic heterocycles. The van der Waals surface area contributed by atoms with Gasteiger partial charge in [-0.2, -0.15) is 0 Å². The van der Waals surface area contributed by atoms with E-state index in [2.05, 4.69) is 5.32 Å². The maximum atomic E-state index is 11.9. The number of halogens is 1. The van der Waals surface area contributed by atoms with Crippen LogP contribution in [0.3, 0.4) is 0 Å². The van der Waals surface area contributed by atoms with Crippen molar-refractivity contribution < 1.29 is 4.79 Å². The smallest absolute Gasteiger partial charge is 0.223 e. The van der Waals surface area contributed by atoms with E-state index in [4.69, 9.17) is 5.73 Å². The molecule has 3 N–H and O–H groups in total. The molecule has 0 spiro atoms. The van der Waals surface area contributed by atoms with Crippen molar-refractivity contribution in [1.29, 1.82) is 0 Å². The average molecular weight is 247 g/mol. The Balaban J connectivity index is 0.00000128. The second-order valence-electron chi connectivity index (χ2n) is 5.10. The Morgan fingerprint density at radius 1 is 1.00 bits per heavy atom. The van der Waals surface area contributed by atoms with Gasteiger partial charge in [0.15, 0.2) is 0 Å². The highest BCUT2D eigenvalue weighted by atomic mass is 35.5. The highest BCUT2D eigenvalue weighted by Gasteiger charge is 2.26. The van der Waals surface area contributed by atoms with Crippen molar-refractivity contribution >= 4 is 18.3 Å². The molecule has 2 saturated carbocycles. The summed E-state index contributed by atoms with van der Waals surface area (Å²) >= 11 is 0. The van der Waals surface area contributed by atoms with Gasteiger partial charge in [0.2, 0.25) is 5.91 Å². The molecule has 0 bridgehead atoms. The summed E-state index contributed by atoms with van der Waals surface area (Å²) in [6, 6.07) is 0.766. The van der Waals surface area contributed by atoms with Gasteiger partial charge in [-0.1, -0.05) is 12.8 Å². The summed E-state index contributed by atoms with van der Waals surface area (Å²) < 4.78 is 0. The zero-order valence-corrected chi connectivity index (χ0v) is 10.6. The van der Waals surface area contributed by atoms with Crippen LogP contribution in [0.1, 0.15) is 51.4 Å². The summed E-state index contributed by atoms with van der Waals surface area (Å²) in [7, 11) is 0. The lowest BCUT2D eigenvalue weighted by molar-refractivity contribution is -0.125. The van der Waals surface area contributed by atoms with E-state index in [1.165, 1.54) is 12.8 Å². The molecule has 94 valence electrons. The van der Waals surface area contributed by atoms with Crippen molar-refractivity contribution in [2.45, 2.75) is 63.5 Å². The molecule has 2 fully saturated rings. The zero-order chi connectivity index (χ0) is 10.7. The van der Waals surface area contributed by atoms with Gasteiger partial charge in [-0.3, -0.25) is 4.79 Å². The maximum absolute atomic E-state index is 11.9. The molecular formula is C12H23ClN2O. The molecule has 0 atom stereocenters. The number of carbonyl (C=O) groups is 1. The van der Waals surface area contributed by atoms with Crippen LogP contribution in [-0.2, 0) is 4.79 Å². The quantitative estimate of drug-likeness (QED) is 0.783. The predicted molar refractivity (Wildman–Crippen MR) is 67.6 cm³/mol. The number of hydrogen-bond acceptors (Lipinski definition) is 2. The van der Waals surface area contributed by atoms with Gasteiger partial charge in [-0.05, 0) is 38.5 Å². The fraction of sp³-hybridized carbons (Fsp3) is 0.917. The molecule has 0 aromatic heterocycles. The molecule has 0 radical (unpaired) electrons. The molecule has 16 heavy (non-hydrogen) atoms. The lowest BCUT2D eigenvalue weighted by atomic mass is 9.91. The molecule has 0 saturated heterocycles. The Hall–Kier alpha value is -0.280. The molecule has 0 heterocycles. The molecule has 2 aliphatic rings. The third-order valence-corrected chi connectivity index (χ3v) is 3.84. The van der Waals surface area contributed by atoms with E-state index >= 15 is 0 Å². The minimum absolute atomic E-state index is 0. The van der Waals surface area contributed by atoms with Gasteiger partial charge in [0.05, 0.1) is 0 Å². The van der Waals surface area contributed by atoms with Crippen molar-refractivity contribution in [1.82, 2.24) is 5.32 Å². The first-order valence-electron chi connectivity index (χ1n) is 6.31. The Morgan fingerprint density at radius 3 is 2.12 bits per heavy atom. The summed E-state index contributed by atoms with van der Waals surface area (Å²) in [6.07, 6.45) is 8.92. The number of nitrogens with two attached hydrogens (primary N) is 1. The first kappa shape index (κ1) is 13.8. The van der Waals surface area contributed by atoms with Gasteiger partial charge in [-0.25, -0.2) is 0 Å². The number of carbonyl (C=O) groups excluding carboxylic acids is 1. The normalized spacial score (nSPS) is 30.8. The molecule has 0 aromatic rings. The summed E-state index contributed by atoms with van der Waals surface area (Å²) in [4.78, 5) is 11.9. The number of amides is 1. The SMILES string of the molecule is Cl.NC1CCC(NC(=O)C2CCCC2)CC1. The van der Waals surface area contributed by atoms with E-state index in [1.54, 1.807) is 0 Å². The fourth-order valence-corrected chi connectivity index (χ4v) is 2.77. The van der Waals surface area contributed by atoms with Gasteiger partial charge >= 0.3 is 0 Å². The van der Waals surface area contributed by atoms with Gasteiger partial charge in [0, 0.05) is 18.0 Å². The van der Waals surface area contributed by atoms with Crippen LogP contribution < -0.4 is 11.1 Å². The van der Waals surface area contributed by atoms with Crippen LogP contribution in [0.15, 0.2) is 0 Å². The highest BCUT2D eigenvalue weighted by Crippen LogP contribution is 2.25. The average Bonchev–Trinajstić information content (AvgIpc) is 2.74. The van der Waals surface area contributed by atoms with Gasteiger partial charge in [0.1, 0.15) is 0 Å². The Kier molecular flexibility index (Phi) is 5.56. The Labute approximate surface area is 104 Å². The van der Waals surface area contributed by atoms with Crippen LogP contribution in [0.25, 0.3) is 0 Å². The second kappa shape index (κ2) is 6.45. The molecular weight excluding hydrogens is 224 g/mol. The minimum Gasteiger partial charge on any atom is -0.353 e. The number of nitrogens with one attached hydrogen (secondary N) is 1. The Bertz CT molecular complexity index is 221. The van der Waals surface area contributed by atoms with E-state index in [-0.39, 0.29) is 12.4 Å². The van der Waals surface area contributed by atoms with E-state index in [0.717, 1.165) is 38.5 Å². The molecule has 1 amide bonds. The fourth-order valence-electron chi connectivity index (χ4n) is 2.77. The third kappa shape index (κ3) is 3.63. The van der Waals surface area contributed by atoms with E-state index < -0.39 is 0 Å². The second-order valence-corrected chi connectivity index (χ2v) is 5.10. The molecule has 4 heteroatoms. The van der Waals surface area contributed by atoms with Crippen molar-refractivity contribution in [3.05, 3.63) is 0 Å². The highest BCUT2D eigenvalue weighted by molar-refractivity contribution is 5.85. The Morgan fingerprint density at radius 2 is 1.56 bits per heavy atom. The first-order valence-corrected chi connectivity index (χ1v) is 6.31. The third-order valence-electron chi connectivity index (χ3n) is 3.84. The van der Waals surface area contributed by atoms with Gasteiger partial charge in [0.25, 0.3) is 0 Å². The van der Waals surface area contributed by atoms with Crippen molar-refractivity contribution in [2.24, 2.45) is 11.7 Å². The maximum Gasteiger partial charge on any atom is 0.223 e. The zero-order valence-electron chi connectivity index (χ0n) is 9.78. The number of rotatable bonds is 2. The summed E-state index contributed by atoms with van der Waals surface area (Å²) in [5, 5.41) is 3.19. The van der Waals surface area contributed by atoms with Crippen molar-refractivity contribution in [3.8, 4) is 0 Å². The van der Waals surface area contributed by atoms with Crippen molar-refractivity contribution in [3.63, 3.8) is 0 Å². The predicted octanol–water partition coefficient (Wildman–Crippen LogP) is 1.98. The summed E-state index contributed by atoms with van der Waals surface area (Å²) in [6.45, 7) is 0. The van der Waals surface area contributed by atoms with Crippen molar-refractivity contribution in [2.75, 3.05) is 0 Å². The van der Waals surface area contributed by atoms with E-state index in [1.807, 2.05) is 0 Å².